The second-order valence-electron chi connectivity index (χ2n) is 8.67. The predicted octanol–water partition coefficient (Wildman–Crippen LogP) is 2.84. The Labute approximate surface area is 191 Å². The van der Waals surface area contributed by atoms with E-state index in [1.54, 1.807) is 22.2 Å². The zero-order valence-electron chi connectivity index (χ0n) is 18.7. The molecule has 0 radical (unpaired) electrons. The maximum Gasteiger partial charge on any atom is 0.410 e. The van der Waals surface area contributed by atoms with Crippen molar-refractivity contribution >= 4 is 29.8 Å². The van der Waals surface area contributed by atoms with Crippen LogP contribution in [0.1, 0.15) is 32.0 Å². The van der Waals surface area contributed by atoms with Gasteiger partial charge in [-0.15, -0.1) is 0 Å². The van der Waals surface area contributed by atoms with Crippen molar-refractivity contribution in [3.63, 3.8) is 0 Å². The van der Waals surface area contributed by atoms with Crippen molar-refractivity contribution in [2.24, 2.45) is 0 Å². The van der Waals surface area contributed by atoms with Crippen molar-refractivity contribution in [3.05, 3.63) is 23.7 Å². The molecule has 1 fully saturated rings. The number of aryl methyl sites for hydroxylation is 2. The van der Waals surface area contributed by atoms with Crippen LogP contribution in [-0.2, 0) is 17.6 Å². The normalized spacial score (nSPS) is 15.6. The van der Waals surface area contributed by atoms with Gasteiger partial charge in [0.2, 0.25) is 5.95 Å². The van der Waals surface area contributed by atoms with Crippen LogP contribution in [0.2, 0.25) is 0 Å². The maximum atomic E-state index is 12.7. The van der Waals surface area contributed by atoms with Crippen LogP contribution >= 0.6 is 11.8 Å². The first-order chi connectivity index (χ1) is 15.2. The van der Waals surface area contributed by atoms with Crippen LogP contribution in [0.3, 0.4) is 0 Å². The number of urea groups is 1. The van der Waals surface area contributed by atoms with Crippen molar-refractivity contribution in [1.82, 2.24) is 29.7 Å². The summed E-state index contributed by atoms with van der Waals surface area (Å²) >= 11 is 1.50. The highest BCUT2D eigenvalue weighted by Gasteiger charge is 2.28. The topological polar surface area (TPSA) is 113 Å². The number of amides is 3. The zero-order chi connectivity index (χ0) is 22.9. The lowest BCUT2D eigenvalue weighted by Gasteiger charge is -2.35. The molecule has 1 aliphatic carbocycles. The highest BCUT2D eigenvalue weighted by Crippen LogP contribution is 2.31. The summed E-state index contributed by atoms with van der Waals surface area (Å²) in [5, 5.41) is 3.52. The third-order valence-electron chi connectivity index (χ3n) is 5.22. The van der Waals surface area contributed by atoms with E-state index in [0.29, 0.717) is 26.2 Å². The third-order valence-corrected chi connectivity index (χ3v) is 5.78. The van der Waals surface area contributed by atoms with Crippen molar-refractivity contribution in [2.45, 2.75) is 44.4 Å². The first-order valence-corrected chi connectivity index (χ1v) is 11.8. The van der Waals surface area contributed by atoms with E-state index in [-0.39, 0.29) is 18.1 Å². The fourth-order valence-electron chi connectivity index (χ4n) is 3.62. The molecule has 0 atom stereocenters. The van der Waals surface area contributed by atoms with E-state index in [0.717, 1.165) is 40.5 Å². The summed E-state index contributed by atoms with van der Waals surface area (Å²) in [6, 6.07) is -0.293. The maximum absolute atomic E-state index is 12.7. The Balaban J connectivity index is 1.40. The smallest absolute Gasteiger partial charge is 0.410 e. The van der Waals surface area contributed by atoms with Crippen LogP contribution in [0, 0.1) is 0 Å². The number of nitrogens with one attached hydrogen (secondary N) is 1. The summed E-state index contributed by atoms with van der Waals surface area (Å²) < 4.78 is 5.40. The lowest BCUT2D eigenvalue weighted by molar-refractivity contribution is 0.0174. The first-order valence-electron chi connectivity index (χ1n) is 10.5. The minimum absolute atomic E-state index is 0.241. The molecule has 0 saturated carbocycles. The molecule has 3 amide bonds. The number of thioether (sulfide) groups is 1. The fraction of sp³-hybridized carbons (Fsp3) is 0.524. The van der Waals surface area contributed by atoms with Gasteiger partial charge in [0, 0.05) is 44.1 Å². The lowest BCUT2D eigenvalue weighted by Crippen LogP contribution is -2.52. The number of hydrogen-bond donors (Lipinski definition) is 1. The molecule has 0 spiro atoms. The minimum atomic E-state index is -0.546. The number of piperazine rings is 1. The Hall–Kier alpha value is -2.95. The molecule has 0 bridgehead atoms. The van der Waals surface area contributed by atoms with Gasteiger partial charge >= 0.3 is 12.1 Å². The average molecular weight is 458 g/mol. The van der Waals surface area contributed by atoms with Gasteiger partial charge in [-0.3, -0.25) is 5.32 Å². The molecule has 2 aromatic rings. The van der Waals surface area contributed by atoms with Gasteiger partial charge in [-0.05, 0) is 45.4 Å². The highest BCUT2D eigenvalue weighted by atomic mass is 32.2. The van der Waals surface area contributed by atoms with Gasteiger partial charge in [0.15, 0.2) is 5.16 Å². The van der Waals surface area contributed by atoms with Crippen LogP contribution in [0.4, 0.5) is 15.5 Å². The molecule has 170 valence electrons. The van der Waals surface area contributed by atoms with E-state index in [4.69, 9.17) is 4.74 Å². The van der Waals surface area contributed by atoms with Crippen LogP contribution in [0.5, 0.6) is 0 Å². The Morgan fingerprint density at radius 3 is 2.44 bits per heavy atom. The number of anilines is 1. The number of carbonyl (C=O) groups is 2. The number of fused-ring (bicyclic) bond motifs is 3. The molecule has 0 unspecified atom stereocenters. The van der Waals surface area contributed by atoms with Gasteiger partial charge in [0.1, 0.15) is 5.60 Å². The van der Waals surface area contributed by atoms with Crippen LogP contribution < -0.4 is 5.32 Å². The van der Waals surface area contributed by atoms with Crippen molar-refractivity contribution in [3.8, 4) is 11.3 Å². The highest BCUT2D eigenvalue weighted by molar-refractivity contribution is 7.98. The third kappa shape index (κ3) is 4.93. The van der Waals surface area contributed by atoms with Gasteiger partial charge in [0.05, 0.1) is 11.4 Å². The molecule has 3 heterocycles. The average Bonchev–Trinajstić information content (AvgIpc) is 2.77. The molecule has 10 nitrogen and oxygen atoms in total. The van der Waals surface area contributed by atoms with Gasteiger partial charge < -0.3 is 14.5 Å². The molecular weight excluding hydrogens is 430 g/mol. The lowest BCUT2D eigenvalue weighted by atomic mass is 9.95. The number of ether oxygens (including phenoxy) is 1. The van der Waals surface area contributed by atoms with Gasteiger partial charge in [-0.2, -0.15) is 0 Å². The molecular formula is C21H27N7O3S. The van der Waals surface area contributed by atoms with Gasteiger partial charge in [0.25, 0.3) is 0 Å². The Bertz CT molecular complexity index is 1030. The first kappa shape index (κ1) is 22.3. The minimum Gasteiger partial charge on any atom is -0.444 e. The quantitative estimate of drug-likeness (QED) is 0.541. The fourth-order valence-corrected chi connectivity index (χ4v) is 3.97. The molecule has 2 aliphatic rings. The predicted molar refractivity (Wildman–Crippen MR) is 121 cm³/mol. The summed E-state index contributed by atoms with van der Waals surface area (Å²) in [6.07, 6.45) is 6.75. The number of rotatable bonds is 2. The largest absolute Gasteiger partial charge is 0.444 e. The van der Waals surface area contributed by atoms with E-state index in [1.807, 2.05) is 27.0 Å². The Kier molecular flexibility index (Phi) is 6.18. The molecule has 1 saturated heterocycles. The number of carbonyl (C=O) groups excluding carboxylic acids is 2. The van der Waals surface area contributed by atoms with E-state index in [1.165, 1.54) is 11.8 Å². The van der Waals surface area contributed by atoms with Crippen molar-refractivity contribution in [1.29, 1.82) is 0 Å². The second-order valence-corrected chi connectivity index (χ2v) is 9.44. The van der Waals surface area contributed by atoms with Crippen LogP contribution in [0.15, 0.2) is 17.6 Å². The van der Waals surface area contributed by atoms with Gasteiger partial charge in [-0.25, -0.2) is 29.5 Å². The van der Waals surface area contributed by atoms with Crippen molar-refractivity contribution in [2.75, 3.05) is 37.8 Å². The van der Waals surface area contributed by atoms with Gasteiger partial charge in [-0.1, -0.05) is 11.8 Å². The molecule has 2 aromatic heterocycles. The van der Waals surface area contributed by atoms with Crippen molar-refractivity contribution < 1.29 is 14.3 Å². The Morgan fingerprint density at radius 2 is 1.75 bits per heavy atom. The summed E-state index contributed by atoms with van der Waals surface area (Å²) in [5.74, 6) is 0.241. The van der Waals surface area contributed by atoms with E-state index in [2.05, 4.69) is 25.3 Å². The Morgan fingerprint density at radius 1 is 1.03 bits per heavy atom. The molecule has 1 N–H and O–H groups in total. The summed E-state index contributed by atoms with van der Waals surface area (Å²) in [6.45, 7) is 7.14. The standard InChI is InChI=1S/C21H27N7O3S/c1-21(2,3)31-20(30)28-9-7-27(8-10-28)19(29)26-17-22-11-13-5-6-15-14(16(13)25-17)12-23-18(24-15)32-4/h11-12H,5-10H2,1-4H3,(H,22,25,26,29). The monoisotopic (exact) mass is 457 g/mol. The summed E-state index contributed by atoms with van der Waals surface area (Å²) in [7, 11) is 0. The van der Waals surface area contributed by atoms with E-state index >= 15 is 0 Å². The molecule has 32 heavy (non-hydrogen) atoms. The molecule has 11 heteroatoms. The molecule has 0 aromatic carbocycles. The number of hydrogen-bond acceptors (Lipinski definition) is 8. The molecule has 1 aliphatic heterocycles. The summed E-state index contributed by atoms with van der Waals surface area (Å²) in [4.78, 5) is 46.1. The second kappa shape index (κ2) is 8.89. The van der Waals surface area contributed by atoms with E-state index in [9.17, 15) is 9.59 Å². The van der Waals surface area contributed by atoms with Crippen LogP contribution in [-0.4, -0.2) is 79.9 Å². The molecule has 4 rings (SSSR count). The zero-order valence-corrected chi connectivity index (χ0v) is 19.5. The number of aromatic nitrogens is 4. The van der Waals surface area contributed by atoms with Crippen LogP contribution in [0.25, 0.3) is 11.3 Å². The SMILES string of the molecule is CSc1ncc2c(n1)CCc1cnc(NC(=O)N3CCN(C(=O)OC(C)(C)C)CC3)nc1-2. The summed E-state index contributed by atoms with van der Waals surface area (Å²) in [5.41, 5.74) is 3.08. The van der Waals surface area contributed by atoms with E-state index < -0.39 is 5.60 Å². The number of nitrogens with zero attached hydrogens (tertiary/aromatic N) is 6.